The number of hydrogen-bond acceptors (Lipinski definition) is 5. The van der Waals surface area contributed by atoms with Gasteiger partial charge in [-0.3, -0.25) is 14.5 Å². The van der Waals surface area contributed by atoms with Gasteiger partial charge in [-0.1, -0.05) is 37.1 Å². The Labute approximate surface area is 224 Å². The zero-order valence-electron chi connectivity index (χ0n) is 21.3. The van der Waals surface area contributed by atoms with E-state index in [9.17, 15) is 14.0 Å². The number of nitrogens with zero attached hydrogens (tertiary/aromatic N) is 1. The fraction of sp³-hybridized carbons (Fsp3) is 0.267. The number of anilines is 1. The lowest BCUT2D eigenvalue weighted by Crippen LogP contribution is -2.29. The minimum absolute atomic E-state index is 0.0647. The quantitative estimate of drug-likeness (QED) is 0.223. The lowest BCUT2D eigenvalue weighted by molar-refractivity contribution is 0.0971. The first kappa shape index (κ1) is 25.8. The number of benzene rings is 3. The minimum Gasteiger partial charge on any atom is -0.490 e. The number of fused-ring (bicyclic) bond motifs is 2. The van der Waals surface area contributed by atoms with Gasteiger partial charge < -0.3 is 13.9 Å². The van der Waals surface area contributed by atoms with Gasteiger partial charge in [0, 0.05) is 10.7 Å². The maximum atomic E-state index is 14.1. The maximum Gasteiger partial charge on any atom is 0.295 e. The van der Waals surface area contributed by atoms with Gasteiger partial charge in [0.2, 0.25) is 5.76 Å². The summed E-state index contributed by atoms with van der Waals surface area (Å²) in [4.78, 5) is 29.1. The van der Waals surface area contributed by atoms with Crippen LogP contribution in [0.4, 0.5) is 10.1 Å². The van der Waals surface area contributed by atoms with Crippen molar-refractivity contribution >= 4 is 34.2 Å². The van der Waals surface area contributed by atoms with Crippen LogP contribution in [0.15, 0.2) is 63.8 Å². The van der Waals surface area contributed by atoms with Crippen molar-refractivity contribution in [3.8, 4) is 11.5 Å². The molecule has 8 heteroatoms. The molecule has 0 bridgehead atoms. The summed E-state index contributed by atoms with van der Waals surface area (Å²) in [7, 11) is 0. The van der Waals surface area contributed by atoms with Crippen LogP contribution < -0.4 is 19.8 Å². The number of unbranched alkanes of at least 4 members (excludes halogenated alkanes) is 1. The van der Waals surface area contributed by atoms with E-state index < -0.39 is 23.2 Å². The molecule has 1 atom stereocenters. The van der Waals surface area contributed by atoms with Crippen molar-refractivity contribution < 1.29 is 23.1 Å². The number of ether oxygens (including phenoxy) is 2. The van der Waals surface area contributed by atoms with E-state index in [0.29, 0.717) is 41.0 Å². The van der Waals surface area contributed by atoms with Crippen LogP contribution in [0.25, 0.3) is 11.0 Å². The molecular weight excluding hydrogens is 509 g/mol. The molecule has 38 heavy (non-hydrogen) atoms. The standard InChI is InChI=1S/C30H27ClFNO5/c1-4-6-13-37-24-11-8-18(14-25(24)36-5-2)27-26-28(34)21-15-19(32)9-12-23(21)38-29(26)30(35)33(27)20-10-7-17(3)22(31)16-20/h7-12,14-16,27H,4-6,13H2,1-3H3. The molecule has 0 saturated heterocycles. The van der Waals surface area contributed by atoms with Gasteiger partial charge in [-0.05, 0) is 73.9 Å². The van der Waals surface area contributed by atoms with Gasteiger partial charge in [-0.15, -0.1) is 0 Å². The van der Waals surface area contributed by atoms with Crippen LogP contribution in [0, 0.1) is 12.7 Å². The van der Waals surface area contributed by atoms with E-state index in [4.69, 9.17) is 25.5 Å². The maximum absolute atomic E-state index is 14.1. The Hall–Kier alpha value is -3.84. The summed E-state index contributed by atoms with van der Waals surface area (Å²) >= 11 is 6.43. The zero-order chi connectivity index (χ0) is 27.0. The van der Waals surface area contributed by atoms with Crippen molar-refractivity contribution in [3.63, 3.8) is 0 Å². The Bertz CT molecular complexity index is 1600. The second-order valence-corrected chi connectivity index (χ2v) is 9.57. The molecule has 5 rings (SSSR count). The minimum atomic E-state index is -0.857. The van der Waals surface area contributed by atoms with Crippen molar-refractivity contribution in [1.29, 1.82) is 0 Å². The van der Waals surface area contributed by atoms with E-state index in [-0.39, 0.29) is 22.3 Å². The second-order valence-electron chi connectivity index (χ2n) is 9.17. The summed E-state index contributed by atoms with van der Waals surface area (Å²) in [6, 6.07) is 13.4. The predicted octanol–water partition coefficient (Wildman–Crippen LogP) is 7.22. The Morgan fingerprint density at radius 3 is 2.55 bits per heavy atom. The van der Waals surface area contributed by atoms with E-state index in [2.05, 4.69) is 6.92 Å². The van der Waals surface area contributed by atoms with E-state index in [0.717, 1.165) is 24.5 Å². The molecule has 0 saturated carbocycles. The van der Waals surface area contributed by atoms with Crippen LogP contribution in [0.2, 0.25) is 5.02 Å². The van der Waals surface area contributed by atoms with Gasteiger partial charge in [0.05, 0.1) is 30.2 Å². The van der Waals surface area contributed by atoms with Gasteiger partial charge in [-0.25, -0.2) is 4.39 Å². The Balaban J connectivity index is 1.73. The highest BCUT2D eigenvalue weighted by molar-refractivity contribution is 6.31. The largest absolute Gasteiger partial charge is 0.490 e. The Morgan fingerprint density at radius 2 is 1.82 bits per heavy atom. The van der Waals surface area contributed by atoms with Gasteiger partial charge >= 0.3 is 0 Å². The average molecular weight is 536 g/mol. The summed E-state index contributed by atoms with van der Waals surface area (Å²) < 4.78 is 31.8. The van der Waals surface area contributed by atoms with Crippen molar-refractivity contribution in [2.24, 2.45) is 0 Å². The lowest BCUT2D eigenvalue weighted by atomic mass is 9.97. The highest BCUT2D eigenvalue weighted by Crippen LogP contribution is 2.44. The smallest absolute Gasteiger partial charge is 0.295 e. The van der Waals surface area contributed by atoms with Crippen LogP contribution in [0.1, 0.15) is 60.0 Å². The van der Waals surface area contributed by atoms with Crippen molar-refractivity contribution in [2.75, 3.05) is 18.1 Å². The molecule has 1 amide bonds. The van der Waals surface area contributed by atoms with Gasteiger partial charge in [-0.2, -0.15) is 0 Å². The lowest BCUT2D eigenvalue weighted by Gasteiger charge is -2.26. The molecule has 0 fully saturated rings. The summed E-state index contributed by atoms with van der Waals surface area (Å²) in [6.07, 6.45) is 1.88. The van der Waals surface area contributed by atoms with Gasteiger partial charge in [0.1, 0.15) is 11.4 Å². The van der Waals surface area contributed by atoms with E-state index in [1.807, 2.05) is 19.9 Å². The second kappa shape index (κ2) is 10.5. The summed E-state index contributed by atoms with van der Waals surface area (Å²) in [6.45, 7) is 6.75. The molecule has 0 spiro atoms. The zero-order valence-corrected chi connectivity index (χ0v) is 22.1. The Morgan fingerprint density at radius 1 is 1.00 bits per heavy atom. The third-order valence-electron chi connectivity index (χ3n) is 6.60. The summed E-state index contributed by atoms with van der Waals surface area (Å²) in [5.41, 5.74) is 1.76. The molecule has 3 aromatic carbocycles. The molecule has 0 radical (unpaired) electrons. The highest BCUT2D eigenvalue weighted by Gasteiger charge is 2.44. The molecule has 1 aromatic heterocycles. The first-order valence-electron chi connectivity index (χ1n) is 12.6. The number of amides is 1. The first-order chi connectivity index (χ1) is 18.3. The molecule has 4 aromatic rings. The summed E-state index contributed by atoms with van der Waals surface area (Å²) in [5.74, 6) is -0.0715. The molecule has 1 aliphatic heterocycles. The number of aryl methyl sites for hydroxylation is 1. The van der Waals surface area contributed by atoms with Crippen LogP contribution in [-0.4, -0.2) is 19.1 Å². The van der Waals surface area contributed by atoms with Crippen molar-refractivity contribution in [3.05, 3.63) is 98.1 Å². The molecule has 0 N–H and O–H groups in total. The molecule has 6 nitrogen and oxygen atoms in total. The van der Waals surface area contributed by atoms with E-state index >= 15 is 0 Å². The predicted molar refractivity (Wildman–Crippen MR) is 145 cm³/mol. The molecule has 196 valence electrons. The van der Waals surface area contributed by atoms with Gasteiger partial charge in [0.15, 0.2) is 16.9 Å². The molecule has 1 aliphatic rings. The number of hydrogen-bond donors (Lipinski definition) is 0. The van der Waals surface area contributed by atoms with Crippen molar-refractivity contribution in [2.45, 2.75) is 39.7 Å². The van der Waals surface area contributed by atoms with Crippen LogP contribution in [0.5, 0.6) is 11.5 Å². The van der Waals surface area contributed by atoms with E-state index in [1.165, 1.54) is 17.0 Å². The number of halogens is 2. The Kier molecular flexibility index (Phi) is 7.13. The highest BCUT2D eigenvalue weighted by atomic mass is 35.5. The topological polar surface area (TPSA) is 69.0 Å². The van der Waals surface area contributed by atoms with Crippen LogP contribution in [0.3, 0.4) is 0 Å². The molecular formula is C30H27ClFNO5. The first-order valence-corrected chi connectivity index (χ1v) is 13.0. The number of carbonyl (C=O) groups excluding carboxylic acids is 1. The van der Waals surface area contributed by atoms with Crippen molar-refractivity contribution in [1.82, 2.24) is 0 Å². The molecule has 1 unspecified atom stereocenters. The fourth-order valence-corrected chi connectivity index (χ4v) is 4.84. The fourth-order valence-electron chi connectivity index (χ4n) is 4.67. The van der Waals surface area contributed by atoms with Gasteiger partial charge in [0.25, 0.3) is 5.91 Å². The average Bonchev–Trinajstić information content (AvgIpc) is 3.19. The number of carbonyl (C=O) groups is 1. The molecule has 2 heterocycles. The summed E-state index contributed by atoms with van der Waals surface area (Å²) in [5, 5.41) is 0.543. The van der Waals surface area contributed by atoms with Crippen LogP contribution >= 0.6 is 11.6 Å². The third-order valence-corrected chi connectivity index (χ3v) is 7.01. The van der Waals surface area contributed by atoms with Crippen LogP contribution in [-0.2, 0) is 0 Å². The van der Waals surface area contributed by atoms with E-state index in [1.54, 1.807) is 30.3 Å². The molecule has 0 aliphatic carbocycles. The SMILES string of the molecule is CCCCOc1ccc(C2c3c(oc4ccc(F)cc4c3=O)C(=O)N2c2ccc(C)c(Cl)c2)cc1OCC. The normalized spacial score (nSPS) is 14.7. The monoisotopic (exact) mass is 535 g/mol. The third kappa shape index (κ3) is 4.52. The number of rotatable bonds is 8.